The molecule has 0 saturated heterocycles. The van der Waals surface area contributed by atoms with Crippen LogP contribution in [0.15, 0.2) is 0 Å². The Morgan fingerprint density at radius 2 is 2.14 bits per heavy atom. The predicted molar refractivity (Wildman–Crippen MR) is 60.5 cm³/mol. The average Bonchev–Trinajstić information content (AvgIpc) is 2.10. The monoisotopic (exact) mass is 237 g/mol. The third-order valence-electron chi connectivity index (χ3n) is 1.53. The quantitative estimate of drug-likeness (QED) is 0.539. The van der Waals surface area contributed by atoms with E-state index >= 15 is 0 Å². The molecule has 0 rings (SSSR count). The Morgan fingerprint density at radius 3 is 2.50 bits per heavy atom. The van der Waals surface area contributed by atoms with Gasteiger partial charge >= 0.3 is 5.97 Å². The van der Waals surface area contributed by atoms with E-state index in [1.54, 1.807) is 0 Å². The molecule has 0 fully saturated rings. The van der Waals surface area contributed by atoms with E-state index in [9.17, 15) is 9.59 Å². The van der Waals surface area contributed by atoms with Crippen LogP contribution in [0.1, 0.15) is 20.3 Å². The second-order valence-electron chi connectivity index (χ2n) is 2.79. The number of hydrogen-bond acceptors (Lipinski definition) is 4. The van der Waals surface area contributed by atoms with Gasteiger partial charge in [-0.05, 0) is 12.2 Å². The molecule has 0 aromatic rings. The van der Waals surface area contributed by atoms with Crippen LogP contribution < -0.4 is 0 Å². The van der Waals surface area contributed by atoms with Crippen LogP contribution in [0.25, 0.3) is 0 Å². The van der Waals surface area contributed by atoms with Gasteiger partial charge in [0.25, 0.3) is 0 Å². The van der Waals surface area contributed by atoms with E-state index in [2.05, 4.69) is 12.8 Å². The molecule has 14 heavy (non-hydrogen) atoms. The van der Waals surface area contributed by atoms with Crippen molar-refractivity contribution in [2.45, 2.75) is 26.3 Å². The van der Waals surface area contributed by atoms with E-state index in [-0.39, 0.29) is 5.91 Å². The first-order valence-electron chi connectivity index (χ1n) is 4.30. The minimum atomic E-state index is -1.01. The third-order valence-corrected chi connectivity index (χ3v) is 3.34. The maximum absolute atomic E-state index is 10.9. The largest absolute Gasteiger partial charge is 0.480 e. The highest BCUT2D eigenvalue weighted by atomic mass is 32.2. The van der Waals surface area contributed by atoms with Crippen molar-refractivity contribution in [2.75, 3.05) is 11.5 Å². The Balaban J connectivity index is 4.15. The summed E-state index contributed by atoms with van der Waals surface area (Å²) in [7, 11) is 0. The number of aliphatic carboxylic acids is 1. The van der Waals surface area contributed by atoms with Crippen LogP contribution in [0.5, 0.6) is 0 Å². The van der Waals surface area contributed by atoms with Gasteiger partial charge in [0.15, 0.2) is 0 Å². The molecule has 1 unspecified atom stereocenters. The summed E-state index contributed by atoms with van der Waals surface area (Å²) in [4.78, 5) is 21.7. The standard InChI is InChI=1S/C8H15NO3S2/c1-3-4-14-5-7(8(11)12)9(13)6(2)10/h7,13H,3-5H2,1-2H3,(H,11,12). The smallest absolute Gasteiger partial charge is 0.328 e. The topological polar surface area (TPSA) is 57.6 Å². The summed E-state index contributed by atoms with van der Waals surface area (Å²) in [5.74, 6) is -0.0909. The van der Waals surface area contributed by atoms with Crippen LogP contribution in [0, 0.1) is 0 Å². The fourth-order valence-electron chi connectivity index (χ4n) is 0.805. The van der Waals surface area contributed by atoms with Gasteiger partial charge in [0.05, 0.1) is 0 Å². The summed E-state index contributed by atoms with van der Waals surface area (Å²) in [6.07, 6.45) is 0.990. The molecular formula is C8H15NO3S2. The number of hydrogen-bond donors (Lipinski definition) is 2. The van der Waals surface area contributed by atoms with Crippen LogP contribution in [-0.4, -0.2) is 38.8 Å². The molecule has 0 aromatic carbocycles. The van der Waals surface area contributed by atoms with E-state index in [0.29, 0.717) is 5.75 Å². The summed E-state index contributed by atoms with van der Waals surface area (Å²) in [5, 5.41) is 8.84. The maximum atomic E-state index is 10.9. The fourth-order valence-corrected chi connectivity index (χ4v) is 2.07. The minimum Gasteiger partial charge on any atom is -0.480 e. The molecule has 0 aliphatic carbocycles. The lowest BCUT2D eigenvalue weighted by Crippen LogP contribution is -2.39. The summed E-state index contributed by atoms with van der Waals surface area (Å²) < 4.78 is 0.963. The SMILES string of the molecule is CCCSCC(C(=O)O)N(S)C(C)=O. The van der Waals surface area contributed by atoms with Crippen LogP contribution in [0.2, 0.25) is 0 Å². The number of carboxylic acids is 1. The highest BCUT2D eigenvalue weighted by Gasteiger charge is 2.25. The second-order valence-corrected chi connectivity index (χ2v) is 4.37. The number of thioether (sulfide) groups is 1. The molecular weight excluding hydrogens is 222 g/mol. The van der Waals surface area contributed by atoms with Crippen LogP contribution in [0.4, 0.5) is 0 Å². The van der Waals surface area contributed by atoms with Gasteiger partial charge in [-0.1, -0.05) is 19.7 Å². The van der Waals surface area contributed by atoms with Gasteiger partial charge in [-0.15, -0.1) is 0 Å². The van der Waals surface area contributed by atoms with Crippen molar-refractivity contribution in [2.24, 2.45) is 0 Å². The molecule has 4 nitrogen and oxygen atoms in total. The van der Waals surface area contributed by atoms with Gasteiger partial charge in [0, 0.05) is 12.7 Å². The fraction of sp³-hybridized carbons (Fsp3) is 0.750. The second kappa shape index (κ2) is 7.00. The number of amides is 1. The zero-order valence-corrected chi connectivity index (χ0v) is 9.98. The van der Waals surface area contributed by atoms with Crippen molar-refractivity contribution in [3.63, 3.8) is 0 Å². The average molecular weight is 237 g/mol. The number of rotatable bonds is 6. The molecule has 0 bridgehead atoms. The van der Waals surface area contributed by atoms with Crippen molar-refractivity contribution in [1.82, 2.24) is 4.31 Å². The number of nitrogens with zero attached hydrogens (tertiary/aromatic N) is 1. The molecule has 1 atom stereocenters. The van der Waals surface area contributed by atoms with Gasteiger partial charge in [0.1, 0.15) is 6.04 Å². The zero-order chi connectivity index (χ0) is 11.1. The first-order chi connectivity index (χ1) is 6.50. The van der Waals surface area contributed by atoms with Gasteiger partial charge in [-0.3, -0.25) is 9.10 Å². The van der Waals surface area contributed by atoms with Crippen molar-refractivity contribution in [3.05, 3.63) is 0 Å². The van der Waals surface area contributed by atoms with Gasteiger partial charge in [0.2, 0.25) is 5.91 Å². The first kappa shape index (κ1) is 13.6. The van der Waals surface area contributed by atoms with E-state index < -0.39 is 12.0 Å². The maximum Gasteiger partial charge on any atom is 0.328 e. The number of carbonyl (C=O) groups excluding carboxylic acids is 1. The van der Waals surface area contributed by atoms with E-state index in [1.807, 2.05) is 6.92 Å². The predicted octanol–water partition coefficient (Wildman–Crippen LogP) is 1.28. The van der Waals surface area contributed by atoms with Crippen LogP contribution in [-0.2, 0) is 9.59 Å². The molecule has 1 N–H and O–H groups in total. The molecule has 6 heteroatoms. The summed E-state index contributed by atoms with van der Waals surface area (Å²) in [6, 6.07) is -0.840. The normalized spacial score (nSPS) is 12.2. The summed E-state index contributed by atoms with van der Waals surface area (Å²) in [6.45, 7) is 3.32. The van der Waals surface area contributed by atoms with E-state index in [1.165, 1.54) is 18.7 Å². The van der Waals surface area contributed by atoms with Gasteiger partial charge < -0.3 is 5.11 Å². The van der Waals surface area contributed by atoms with Gasteiger partial charge in [-0.25, -0.2) is 4.79 Å². The van der Waals surface area contributed by atoms with E-state index in [0.717, 1.165) is 16.5 Å². The minimum absolute atomic E-state index is 0.349. The number of carbonyl (C=O) groups is 2. The zero-order valence-electron chi connectivity index (χ0n) is 8.27. The van der Waals surface area contributed by atoms with Crippen molar-refractivity contribution < 1.29 is 14.7 Å². The molecule has 0 radical (unpaired) electrons. The van der Waals surface area contributed by atoms with Crippen LogP contribution >= 0.6 is 24.6 Å². The lowest BCUT2D eigenvalue weighted by molar-refractivity contribution is -0.144. The van der Waals surface area contributed by atoms with E-state index in [4.69, 9.17) is 5.11 Å². The van der Waals surface area contributed by atoms with Crippen molar-refractivity contribution >= 4 is 36.5 Å². The molecule has 0 spiro atoms. The lowest BCUT2D eigenvalue weighted by atomic mass is 10.3. The lowest BCUT2D eigenvalue weighted by Gasteiger charge is -2.21. The molecule has 0 saturated carbocycles. The highest BCUT2D eigenvalue weighted by molar-refractivity contribution is 7.99. The molecule has 0 aromatic heterocycles. The Hall–Kier alpha value is -0.360. The number of thiol groups is 1. The third kappa shape index (κ3) is 4.76. The number of carboxylic acid groups (broad SMARTS) is 1. The summed E-state index contributed by atoms with van der Waals surface area (Å²) >= 11 is 5.36. The van der Waals surface area contributed by atoms with Crippen molar-refractivity contribution in [3.8, 4) is 0 Å². The summed E-state index contributed by atoms with van der Waals surface area (Å²) in [5.41, 5.74) is 0. The Bertz CT molecular complexity index is 211. The Labute approximate surface area is 93.6 Å². The molecule has 1 amide bonds. The molecule has 82 valence electrons. The first-order valence-corrected chi connectivity index (χ1v) is 5.85. The van der Waals surface area contributed by atoms with Crippen LogP contribution in [0.3, 0.4) is 0 Å². The Kier molecular flexibility index (Phi) is 6.82. The molecule has 0 aliphatic heterocycles. The van der Waals surface area contributed by atoms with Crippen molar-refractivity contribution in [1.29, 1.82) is 0 Å². The highest BCUT2D eigenvalue weighted by Crippen LogP contribution is 2.12. The van der Waals surface area contributed by atoms with Gasteiger partial charge in [-0.2, -0.15) is 11.8 Å². The molecule has 0 aliphatic rings. The Morgan fingerprint density at radius 1 is 1.57 bits per heavy atom. The molecule has 0 heterocycles.